The fourth-order valence-corrected chi connectivity index (χ4v) is 5.54. The summed E-state index contributed by atoms with van der Waals surface area (Å²) in [4.78, 5) is 21.0. The highest BCUT2D eigenvalue weighted by Crippen LogP contribution is 2.52. The number of benzene rings is 2. The van der Waals surface area contributed by atoms with Gasteiger partial charge >= 0.3 is 12.5 Å². The summed E-state index contributed by atoms with van der Waals surface area (Å²) in [5, 5.41) is 1.63. The SMILES string of the molecule is Cc1ccccc1CN1CC2C(C1)C2CN(Cc1cccc(OC(F)(F)F)c1)C(=O)Oc1cscn1. The Morgan fingerprint density at radius 1 is 1.17 bits per heavy atom. The third kappa shape index (κ3) is 5.99. The summed E-state index contributed by atoms with van der Waals surface area (Å²) in [7, 11) is 0. The normalized spacial score (nSPS) is 21.2. The summed E-state index contributed by atoms with van der Waals surface area (Å²) < 4.78 is 47.5. The summed E-state index contributed by atoms with van der Waals surface area (Å²) in [6.45, 7) is 5.55. The van der Waals surface area contributed by atoms with Crippen molar-refractivity contribution in [1.82, 2.24) is 14.8 Å². The molecule has 2 heterocycles. The molecule has 0 radical (unpaired) electrons. The van der Waals surface area contributed by atoms with Crippen LogP contribution in [0.25, 0.3) is 0 Å². The highest BCUT2D eigenvalue weighted by molar-refractivity contribution is 7.07. The first-order valence-electron chi connectivity index (χ1n) is 11.7. The van der Waals surface area contributed by atoms with E-state index in [2.05, 4.69) is 39.7 Å². The largest absolute Gasteiger partial charge is 0.573 e. The lowest BCUT2D eigenvalue weighted by molar-refractivity contribution is -0.274. The molecule has 3 aromatic rings. The van der Waals surface area contributed by atoms with Gasteiger partial charge in [0.1, 0.15) is 5.75 Å². The smallest absolute Gasteiger partial charge is 0.406 e. The van der Waals surface area contributed by atoms with E-state index in [1.165, 1.54) is 40.7 Å². The van der Waals surface area contributed by atoms with Gasteiger partial charge in [0.25, 0.3) is 0 Å². The van der Waals surface area contributed by atoms with Crippen molar-refractivity contribution in [1.29, 1.82) is 0 Å². The third-order valence-electron chi connectivity index (χ3n) is 6.90. The minimum atomic E-state index is -4.78. The lowest BCUT2D eigenvalue weighted by Crippen LogP contribution is -2.36. The van der Waals surface area contributed by atoms with E-state index in [-0.39, 0.29) is 18.2 Å². The van der Waals surface area contributed by atoms with Crippen LogP contribution in [0.3, 0.4) is 0 Å². The van der Waals surface area contributed by atoms with E-state index in [0.29, 0.717) is 29.9 Å². The Hall–Kier alpha value is -3.11. The minimum Gasteiger partial charge on any atom is -0.406 e. The molecular formula is C26H26F3N3O3S. The van der Waals surface area contributed by atoms with Crippen molar-refractivity contribution in [3.8, 4) is 11.6 Å². The second-order valence-corrected chi connectivity index (χ2v) is 10.1. The van der Waals surface area contributed by atoms with E-state index >= 15 is 0 Å². The lowest BCUT2D eigenvalue weighted by Gasteiger charge is -2.25. The fraction of sp³-hybridized carbons (Fsp3) is 0.385. The molecule has 0 bridgehead atoms. The third-order valence-corrected chi connectivity index (χ3v) is 7.46. The van der Waals surface area contributed by atoms with Gasteiger partial charge in [-0.3, -0.25) is 4.90 Å². The number of nitrogens with zero attached hydrogens (tertiary/aromatic N) is 3. The minimum absolute atomic E-state index is 0.112. The van der Waals surface area contributed by atoms with Crippen LogP contribution in [-0.4, -0.2) is 46.9 Å². The standard InChI is InChI=1S/C26H26F3N3O3S/c1-17-5-2-3-7-19(17)11-31-12-21-22(13-31)23(21)14-32(25(33)34-24-15-36-16-30-24)10-18-6-4-8-20(9-18)35-26(27,28)29/h2-9,15-16,21-23H,10-14H2,1H3. The topological polar surface area (TPSA) is 54.9 Å². The maximum Gasteiger partial charge on any atom is 0.573 e. The molecule has 36 heavy (non-hydrogen) atoms. The molecule has 2 aliphatic rings. The molecule has 1 aliphatic heterocycles. The van der Waals surface area contributed by atoms with Crippen LogP contribution in [-0.2, 0) is 13.1 Å². The number of fused-ring (bicyclic) bond motifs is 1. The zero-order valence-corrected chi connectivity index (χ0v) is 20.5. The molecule has 1 amide bonds. The number of piperidine rings is 1. The Morgan fingerprint density at radius 3 is 2.64 bits per heavy atom. The first-order valence-corrected chi connectivity index (χ1v) is 12.7. The number of alkyl halides is 3. The average molecular weight is 518 g/mol. The number of ether oxygens (including phenoxy) is 2. The number of carbonyl (C=O) groups excluding carboxylic acids is 1. The lowest BCUT2D eigenvalue weighted by atomic mass is 10.1. The molecule has 6 nitrogen and oxygen atoms in total. The van der Waals surface area contributed by atoms with E-state index in [9.17, 15) is 18.0 Å². The van der Waals surface area contributed by atoms with Crippen molar-refractivity contribution in [3.63, 3.8) is 0 Å². The monoisotopic (exact) mass is 517 g/mol. The number of hydrogen-bond donors (Lipinski definition) is 0. The summed E-state index contributed by atoms with van der Waals surface area (Å²) in [5.74, 6) is 1.20. The van der Waals surface area contributed by atoms with Gasteiger partial charge in [-0.2, -0.15) is 0 Å². The van der Waals surface area contributed by atoms with E-state index in [1.54, 1.807) is 21.9 Å². The van der Waals surface area contributed by atoms with Gasteiger partial charge in [0.05, 0.1) is 10.9 Å². The molecule has 2 unspecified atom stereocenters. The van der Waals surface area contributed by atoms with Crippen LogP contribution in [0.15, 0.2) is 59.4 Å². The van der Waals surface area contributed by atoms with Crippen molar-refractivity contribution >= 4 is 17.4 Å². The van der Waals surface area contributed by atoms with Crippen LogP contribution in [0, 0.1) is 24.7 Å². The van der Waals surface area contributed by atoms with Gasteiger partial charge in [-0.1, -0.05) is 36.4 Å². The second-order valence-electron chi connectivity index (χ2n) is 9.38. The van der Waals surface area contributed by atoms with Gasteiger partial charge in [0.2, 0.25) is 5.88 Å². The first kappa shape index (κ1) is 24.6. The van der Waals surface area contributed by atoms with Crippen LogP contribution in [0.1, 0.15) is 16.7 Å². The molecule has 2 atom stereocenters. The highest BCUT2D eigenvalue weighted by Gasteiger charge is 2.56. The molecule has 1 aliphatic carbocycles. The molecule has 1 saturated carbocycles. The average Bonchev–Trinajstić information content (AvgIpc) is 3.18. The molecule has 2 aromatic carbocycles. The first-order chi connectivity index (χ1) is 17.2. The van der Waals surface area contributed by atoms with E-state index in [0.717, 1.165) is 19.6 Å². The van der Waals surface area contributed by atoms with Crippen molar-refractivity contribution < 1.29 is 27.4 Å². The predicted molar refractivity (Wildman–Crippen MR) is 129 cm³/mol. The maximum absolute atomic E-state index is 13.0. The van der Waals surface area contributed by atoms with Crippen LogP contribution >= 0.6 is 11.3 Å². The van der Waals surface area contributed by atoms with Crippen LogP contribution in [0.2, 0.25) is 0 Å². The van der Waals surface area contributed by atoms with Crippen molar-refractivity contribution in [2.24, 2.45) is 17.8 Å². The summed E-state index contributed by atoms with van der Waals surface area (Å²) in [6, 6.07) is 14.1. The Bertz CT molecular complexity index is 1190. The van der Waals surface area contributed by atoms with Gasteiger partial charge in [0.15, 0.2) is 0 Å². The number of amides is 1. The van der Waals surface area contributed by atoms with Crippen molar-refractivity contribution in [2.45, 2.75) is 26.4 Å². The number of likely N-dealkylation sites (tertiary alicyclic amines) is 1. The molecule has 1 saturated heterocycles. The number of rotatable bonds is 8. The Kier molecular flexibility index (Phi) is 6.90. The molecule has 2 fully saturated rings. The number of thiazole rings is 1. The van der Waals surface area contributed by atoms with Crippen molar-refractivity contribution in [3.05, 3.63) is 76.1 Å². The van der Waals surface area contributed by atoms with Crippen molar-refractivity contribution in [2.75, 3.05) is 19.6 Å². The van der Waals surface area contributed by atoms with Gasteiger partial charge in [-0.25, -0.2) is 9.78 Å². The van der Waals surface area contributed by atoms with Crippen LogP contribution in [0.4, 0.5) is 18.0 Å². The maximum atomic E-state index is 13.0. The highest BCUT2D eigenvalue weighted by atomic mass is 32.1. The molecule has 1 aromatic heterocycles. The molecular weight excluding hydrogens is 491 g/mol. The Balaban J connectivity index is 1.23. The Labute approximate surface area is 211 Å². The molecule has 0 N–H and O–H groups in total. The zero-order valence-electron chi connectivity index (χ0n) is 19.6. The Morgan fingerprint density at radius 2 is 1.94 bits per heavy atom. The number of carbonyl (C=O) groups is 1. The van der Waals surface area contributed by atoms with E-state index in [4.69, 9.17) is 4.74 Å². The van der Waals surface area contributed by atoms with Gasteiger partial charge in [-0.15, -0.1) is 24.5 Å². The van der Waals surface area contributed by atoms with Gasteiger partial charge in [-0.05, 0) is 53.5 Å². The van der Waals surface area contributed by atoms with Gasteiger partial charge in [0, 0.05) is 32.7 Å². The fourth-order valence-electron chi connectivity index (χ4n) is 5.09. The number of aromatic nitrogens is 1. The summed E-state index contributed by atoms with van der Waals surface area (Å²) >= 11 is 1.31. The summed E-state index contributed by atoms with van der Waals surface area (Å²) in [6.07, 6.45) is -5.35. The predicted octanol–water partition coefficient (Wildman–Crippen LogP) is 5.73. The number of aryl methyl sites for hydroxylation is 1. The number of halogens is 3. The quantitative estimate of drug-likeness (QED) is 0.382. The zero-order chi connectivity index (χ0) is 25.3. The summed E-state index contributed by atoms with van der Waals surface area (Å²) in [5.41, 5.74) is 4.70. The van der Waals surface area contributed by atoms with Crippen LogP contribution < -0.4 is 9.47 Å². The van der Waals surface area contributed by atoms with E-state index in [1.807, 2.05) is 6.07 Å². The van der Waals surface area contributed by atoms with Gasteiger partial charge < -0.3 is 14.4 Å². The molecule has 5 rings (SSSR count). The van der Waals surface area contributed by atoms with E-state index < -0.39 is 12.5 Å². The number of hydrogen-bond acceptors (Lipinski definition) is 6. The van der Waals surface area contributed by atoms with Crippen LogP contribution in [0.5, 0.6) is 11.6 Å². The molecule has 0 spiro atoms. The molecule has 190 valence electrons. The second kappa shape index (κ2) is 10.1. The molecule has 10 heteroatoms.